The molecule has 0 spiro atoms. The van der Waals surface area contributed by atoms with Crippen LogP contribution in [0.1, 0.15) is 54.1 Å². The van der Waals surface area contributed by atoms with Crippen molar-refractivity contribution in [1.82, 2.24) is 14.6 Å². The van der Waals surface area contributed by atoms with Crippen molar-refractivity contribution in [2.24, 2.45) is 0 Å². The minimum atomic E-state index is -0.844. The standard InChI is InChI=1S/C24H24N4O6/c1-4-30-22(29)16-12-27-28-17(15(10-25)11-26-21(16)28)18-19(31-13-14-8-6-5-7-9-14)20-23(32-18)34-24(2,3)33-20/h5-9,11-12,18-20,23H,4,13H2,1-3H3/t18-,19+,20-,23-/m1/s1. The zero-order valence-corrected chi connectivity index (χ0v) is 19.0. The van der Waals surface area contributed by atoms with Crippen molar-refractivity contribution in [1.29, 1.82) is 5.26 Å². The van der Waals surface area contributed by atoms with E-state index in [2.05, 4.69) is 16.2 Å². The normalized spacial score (nSPS) is 25.2. The zero-order valence-electron chi connectivity index (χ0n) is 19.0. The topological polar surface area (TPSA) is 117 Å². The van der Waals surface area contributed by atoms with Gasteiger partial charge in [-0.2, -0.15) is 10.4 Å². The molecule has 0 saturated carbocycles. The van der Waals surface area contributed by atoms with E-state index in [1.807, 2.05) is 44.2 Å². The van der Waals surface area contributed by atoms with Gasteiger partial charge in [0.2, 0.25) is 0 Å². The number of hydrogen-bond acceptors (Lipinski definition) is 9. The highest BCUT2D eigenvalue weighted by atomic mass is 16.8. The Morgan fingerprint density at radius 2 is 2.03 bits per heavy atom. The van der Waals surface area contributed by atoms with E-state index >= 15 is 0 Å². The quantitative estimate of drug-likeness (QED) is 0.508. The van der Waals surface area contributed by atoms with Gasteiger partial charge < -0.3 is 23.7 Å². The molecule has 2 aromatic heterocycles. The Hall–Kier alpha value is -3.36. The molecule has 2 fully saturated rings. The average Bonchev–Trinajstić information content (AvgIpc) is 3.47. The molecule has 0 radical (unpaired) electrons. The second-order valence-electron chi connectivity index (χ2n) is 8.47. The van der Waals surface area contributed by atoms with E-state index in [1.165, 1.54) is 16.9 Å². The van der Waals surface area contributed by atoms with Gasteiger partial charge in [-0.05, 0) is 26.3 Å². The predicted octanol–water partition coefficient (Wildman–Crippen LogP) is 2.91. The number of benzene rings is 1. The molecule has 2 aliphatic heterocycles. The number of esters is 1. The van der Waals surface area contributed by atoms with Crippen molar-refractivity contribution in [2.75, 3.05) is 6.61 Å². The highest BCUT2D eigenvalue weighted by molar-refractivity contribution is 5.95. The summed E-state index contributed by atoms with van der Waals surface area (Å²) in [5.41, 5.74) is 2.08. The maximum atomic E-state index is 12.4. The van der Waals surface area contributed by atoms with Crippen molar-refractivity contribution in [3.05, 3.63) is 65.1 Å². The van der Waals surface area contributed by atoms with Gasteiger partial charge >= 0.3 is 5.97 Å². The summed E-state index contributed by atoms with van der Waals surface area (Å²) >= 11 is 0. The summed E-state index contributed by atoms with van der Waals surface area (Å²) in [7, 11) is 0. The summed E-state index contributed by atoms with van der Waals surface area (Å²) in [6, 6.07) is 11.9. The van der Waals surface area contributed by atoms with Crippen LogP contribution in [-0.2, 0) is 30.3 Å². The SMILES string of the molecule is CCOC(=O)c1cnn2c([C@H]3O[C@@H]4OC(C)(C)O[C@@H]4[C@H]3OCc3ccccc3)c(C#N)cnc12. The van der Waals surface area contributed by atoms with Crippen LogP contribution in [0, 0.1) is 11.3 Å². The zero-order chi connectivity index (χ0) is 23.9. The maximum absolute atomic E-state index is 12.4. The Morgan fingerprint density at radius 3 is 2.76 bits per heavy atom. The number of nitrogens with zero attached hydrogens (tertiary/aromatic N) is 4. The van der Waals surface area contributed by atoms with Gasteiger partial charge in [-0.15, -0.1) is 0 Å². The minimum absolute atomic E-state index is 0.196. The highest BCUT2D eigenvalue weighted by Gasteiger charge is 2.57. The molecule has 10 nitrogen and oxygen atoms in total. The summed E-state index contributed by atoms with van der Waals surface area (Å²) in [5, 5.41) is 14.2. The van der Waals surface area contributed by atoms with Crippen LogP contribution in [0.4, 0.5) is 0 Å². The number of fused-ring (bicyclic) bond motifs is 2. The fraction of sp³-hybridized carbons (Fsp3) is 0.417. The Bertz CT molecular complexity index is 1250. The Morgan fingerprint density at radius 1 is 1.24 bits per heavy atom. The number of carbonyl (C=O) groups is 1. The number of rotatable bonds is 6. The molecule has 0 bridgehead atoms. The van der Waals surface area contributed by atoms with Gasteiger partial charge in [-0.1, -0.05) is 30.3 Å². The molecule has 0 N–H and O–H groups in total. The molecule has 2 saturated heterocycles. The smallest absolute Gasteiger partial charge is 0.343 e. The number of nitriles is 1. The lowest BCUT2D eigenvalue weighted by molar-refractivity contribution is -0.221. The van der Waals surface area contributed by atoms with E-state index in [-0.39, 0.29) is 23.4 Å². The Kier molecular flexibility index (Phi) is 5.79. The van der Waals surface area contributed by atoms with Gasteiger partial charge in [0, 0.05) is 6.20 Å². The summed E-state index contributed by atoms with van der Waals surface area (Å²) < 4.78 is 31.2. The van der Waals surface area contributed by atoms with E-state index in [0.717, 1.165) is 5.56 Å². The van der Waals surface area contributed by atoms with Crippen LogP contribution >= 0.6 is 0 Å². The van der Waals surface area contributed by atoms with E-state index in [4.69, 9.17) is 23.7 Å². The summed E-state index contributed by atoms with van der Waals surface area (Å²) in [5.74, 6) is -1.39. The average molecular weight is 464 g/mol. The molecule has 1 aromatic carbocycles. The van der Waals surface area contributed by atoms with E-state index in [0.29, 0.717) is 12.3 Å². The molecule has 0 unspecified atom stereocenters. The third-order valence-electron chi connectivity index (χ3n) is 5.73. The van der Waals surface area contributed by atoms with Crippen molar-refractivity contribution >= 4 is 11.6 Å². The van der Waals surface area contributed by atoms with Crippen molar-refractivity contribution in [2.45, 2.75) is 57.8 Å². The van der Waals surface area contributed by atoms with Gasteiger partial charge in [0.1, 0.15) is 29.9 Å². The molecular weight excluding hydrogens is 440 g/mol. The van der Waals surface area contributed by atoms with Crippen LogP contribution in [0.2, 0.25) is 0 Å². The first kappa shape index (κ1) is 22.4. The number of carbonyl (C=O) groups excluding carboxylic acids is 1. The van der Waals surface area contributed by atoms with E-state index in [9.17, 15) is 10.1 Å². The van der Waals surface area contributed by atoms with Crippen LogP contribution in [0.5, 0.6) is 0 Å². The molecule has 4 heterocycles. The molecule has 0 aliphatic carbocycles. The monoisotopic (exact) mass is 464 g/mol. The highest BCUT2D eigenvalue weighted by Crippen LogP contribution is 2.45. The molecule has 3 aromatic rings. The summed E-state index contributed by atoms with van der Waals surface area (Å²) in [4.78, 5) is 16.7. The van der Waals surface area contributed by atoms with Crippen LogP contribution in [-0.4, -0.2) is 51.5 Å². The largest absolute Gasteiger partial charge is 0.462 e. The number of hydrogen-bond donors (Lipinski definition) is 0. The van der Waals surface area contributed by atoms with Crippen molar-refractivity contribution < 1.29 is 28.5 Å². The van der Waals surface area contributed by atoms with Crippen LogP contribution < -0.4 is 0 Å². The fourth-order valence-corrected chi connectivity index (χ4v) is 4.31. The first-order chi connectivity index (χ1) is 16.4. The van der Waals surface area contributed by atoms with E-state index < -0.39 is 36.4 Å². The van der Waals surface area contributed by atoms with Crippen LogP contribution in [0.25, 0.3) is 5.65 Å². The summed E-state index contributed by atoms with van der Waals surface area (Å²) in [6.45, 7) is 5.86. The molecule has 4 atom stereocenters. The molecular formula is C24H24N4O6. The molecule has 2 aliphatic rings. The maximum Gasteiger partial charge on any atom is 0.343 e. The van der Waals surface area contributed by atoms with Gasteiger partial charge in [0.25, 0.3) is 0 Å². The molecule has 10 heteroatoms. The Labute approximate surface area is 196 Å². The van der Waals surface area contributed by atoms with Crippen LogP contribution in [0.3, 0.4) is 0 Å². The number of ether oxygens (including phenoxy) is 5. The minimum Gasteiger partial charge on any atom is -0.462 e. The third kappa shape index (κ3) is 3.93. The molecule has 5 rings (SSSR count). The Balaban J connectivity index is 1.55. The van der Waals surface area contributed by atoms with Crippen LogP contribution in [0.15, 0.2) is 42.7 Å². The van der Waals surface area contributed by atoms with E-state index in [1.54, 1.807) is 6.92 Å². The summed E-state index contributed by atoms with van der Waals surface area (Å²) in [6.07, 6.45) is 0.169. The van der Waals surface area contributed by atoms with Crippen molar-refractivity contribution in [3.63, 3.8) is 0 Å². The molecule has 34 heavy (non-hydrogen) atoms. The lowest BCUT2D eigenvalue weighted by Gasteiger charge is -2.26. The van der Waals surface area contributed by atoms with Crippen molar-refractivity contribution in [3.8, 4) is 6.07 Å². The van der Waals surface area contributed by atoms with Gasteiger partial charge in [0.05, 0.1) is 30.7 Å². The first-order valence-electron chi connectivity index (χ1n) is 11.0. The van der Waals surface area contributed by atoms with Gasteiger partial charge in [-0.3, -0.25) is 0 Å². The molecule has 176 valence electrons. The molecule has 0 amide bonds. The number of aromatic nitrogens is 3. The second kappa shape index (κ2) is 8.77. The lowest BCUT2D eigenvalue weighted by Crippen LogP contribution is -2.34. The predicted molar refractivity (Wildman–Crippen MR) is 116 cm³/mol. The van der Waals surface area contributed by atoms with Gasteiger partial charge in [-0.25, -0.2) is 14.3 Å². The lowest BCUT2D eigenvalue weighted by atomic mass is 10.0. The second-order valence-corrected chi connectivity index (χ2v) is 8.47. The van der Waals surface area contributed by atoms with Gasteiger partial charge in [0.15, 0.2) is 17.7 Å². The third-order valence-corrected chi connectivity index (χ3v) is 5.73. The first-order valence-corrected chi connectivity index (χ1v) is 11.0. The fourth-order valence-electron chi connectivity index (χ4n) is 4.31.